The van der Waals surface area contributed by atoms with E-state index >= 15 is 0 Å². The summed E-state index contributed by atoms with van der Waals surface area (Å²) in [7, 11) is 0. The highest BCUT2D eigenvalue weighted by molar-refractivity contribution is 6.18. The fourth-order valence-electron chi connectivity index (χ4n) is 11.4. The van der Waals surface area contributed by atoms with Crippen molar-refractivity contribution in [1.82, 2.24) is 0 Å². The van der Waals surface area contributed by atoms with E-state index in [0.717, 1.165) is 32.1 Å². The maximum atomic E-state index is 14.0. The molecule has 0 bridgehead atoms. The van der Waals surface area contributed by atoms with E-state index in [4.69, 9.17) is 21.1 Å². The molecule has 1 aliphatic heterocycles. The lowest BCUT2D eigenvalue weighted by Crippen LogP contribution is -2.56. The molecular formula is C32H45ClO5. The molecule has 5 aliphatic carbocycles. The van der Waals surface area contributed by atoms with Gasteiger partial charge in [0, 0.05) is 36.5 Å². The number of halogens is 1. The van der Waals surface area contributed by atoms with Crippen molar-refractivity contribution in [3.8, 4) is 0 Å². The van der Waals surface area contributed by atoms with Gasteiger partial charge in [0.1, 0.15) is 12.2 Å². The monoisotopic (exact) mass is 544 g/mol. The van der Waals surface area contributed by atoms with Crippen molar-refractivity contribution in [2.45, 2.75) is 92.3 Å². The van der Waals surface area contributed by atoms with Crippen LogP contribution in [0, 0.1) is 63.1 Å². The third-order valence-electron chi connectivity index (χ3n) is 13.4. The van der Waals surface area contributed by atoms with Crippen molar-refractivity contribution in [1.29, 1.82) is 0 Å². The van der Waals surface area contributed by atoms with Gasteiger partial charge in [0.05, 0.1) is 6.61 Å². The van der Waals surface area contributed by atoms with E-state index in [-0.39, 0.29) is 74.9 Å². The molecule has 13 atom stereocenters. The second-order valence-corrected chi connectivity index (χ2v) is 14.9. The fourth-order valence-corrected chi connectivity index (χ4v) is 11.8. The number of Topliss-reactive ketones (excluding diaryl/α,β-unsaturated/α-hetero) is 1. The molecule has 38 heavy (non-hydrogen) atoms. The van der Waals surface area contributed by atoms with Gasteiger partial charge in [-0.05, 0) is 84.0 Å². The highest BCUT2D eigenvalue weighted by Gasteiger charge is 2.81. The Morgan fingerprint density at radius 2 is 1.92 bits per heavy atom. The van der Waals surface area contributed by atoms with Crippen LogP contribution >= 0.6 is 11.6 Å². The lowest BCUT2D eigenvalue weighted by Gasteiger charge is -2.61. The van der Waals surface area contributed by atoms with Crippen molar-refractivity contribution in [3.05, 3.63) is 12.2 Å². The molecule has 0 aromatic carbocycles. The Labute approximate surface area is 232 Å². The van der Waals surface area contributed by atoms with Crippen LogP contribution in [0.5, 0.6) is 0 Å². The van der Waals surface area contributed by atoms with Gasteiger partial charge >= 0.3 is 5.97 Å². The zero-order chi connectivity index (χ0) is 27.4. The number of alkyl halides is 1. The summed E-state index contributed by atoms with van der Waals surface area (Å²) < 4.78 is 12.1. The van der Waals surface area contributed by atoms with Crippen molar-refractivity contribution < 1.29 is 23.9 Å². The molecule has 0 aromatic rings. The van der Waals surface area contributed by atoms with Crippen molar-refractivity contribution in [2.24, 2.45) is 63.1 Å². The highest BCUT2D eigenvalue weighted by atomic mass is 35.5. The molecule has 2 spiro atoms. The zero-order valence-electron chi connectivity index (χ0n) is 23.9. The minimum Gasteiger partial charge on any atom is -0.462 e. The van der Waals surface area contributed by atoms with Gasteiger partial charge in [-0.1, -0.05) is 40.7 Å². The molecule has 210 valence electrons. The van der Waals surface area contributed by atoms with E-state index in [2.05, 4.69) is 40.7 Å². The second-order valence-electron chi connectivity index (χ2n) is 14.6. The summed E-state index contributed by atoms with van der Waals surface area (Å²) >= 11 is 6.31. The van der Waals surface area contributed by atoms with Crippen LogP contribution < -0.4 is 0 Å². The number of hydrogen-bond donors (Lipinski definition) is 0. The summed E-state index contributed by atoms with van der Waals surface area (Å²) in [5.41, 5.74) is 0.195. The first-order valence-electron chi connectivity index (χ1n) is 15.0. The Hall–Kier alpha value is -1.20. The van der Waals surface area contributed by atoms with Gasteiger partial charge in [-0.15, -0.1) is 11.6 Å². The first kappa shape index (κ1) is 27.0. The van der Waals surface area contributed by atoms with E-state index in [9.17, 15) is 14.4 Å². The van der Waals surface area contributed by atoms with Crippen LogP contribution in [0.25, 0.3) is 0 Å². The summed E-state index contributed by atoms with van der Waals surface area (Å²) in [4.78, 5) is 39.0. The molecule has 6 heteroatoms. The molecule has 5 fully saturated rings. The number of ether oxygens (including phenoxy) is 2. The largest absolute Gasteiger partial charge is 0.462 e. The molecule has 0 amide bonds. The average molecular weight is 545 g/mol. The van der Waals surface area contributed by atoms with E-state index in [1.54, 1.807) is 0 Å². The van der Waals surface area contributed by atoms with Gasteiger partial charge < -0.3 is 9.47 Å². The van der Waals surface area contributed by atoms with Gasteiger partial charge in [-0.25, -0.2) is 0 Å². The van der Waals surface area contributed by atoms with Gasteiger partial charge in [-0.2, -0.15) is 0 Å². The Balaban J connectivity index is 1.36. The topological polar surface area (TPSA) is 69.7 Å². The molecule has 0 aromatic heterocycles. The zero-order valence-corrected chi connectivity index (χ0v) is 24.7. The minimum atomic E-state index is -0.477. The molecule has 4 saturated carbocycles. The lowest BCUT2D eigenvalue weighted by molar-refractivity contribution is -0.156. The predicted molar refractivity (Wildman–Crippen MR) is 145 cm³/mol. The van der Waals surface area contributed by atoms with Crippen LogP contribution in [-0.4, -0.2) is 42.2 Å². The smallest absolute Gasteiger partial charge is 0.302 e. The third-order valence-corrected chi connectivity index (χ3v) is 13.8. The van der Waals surface area contributed by atoms with Crippen LogP contribution in [0.2, 0.25) is 0 Å². The van der Waals surface area contributed by atoms with E-state index < -0.39 is 6.10 Å². The Kier molecular flexibility index (Phi) is 6.14. The average Bonchev–Trinajstić information content (AvgIpc) is 3.29. The van der Waals surface area contributed by atoms with E-state index in [1.165, 1.54) is 13.3 Å². The minimum absolute atomic E-state index is 0.0263. The molecule has 0 unspecified atom stereocenters. The molecule has 0 N–H and O–H groups in total. The number of hydrogen-bond acceptors (Lipinski definition) is 5. The van der Waals surface area contributed by atoms with Crippen LogP contribution in [0.4, 0.5) is 0 Å². The standard InChI is InChI=1S/C32H45ClO5/c1-17-15-37-28(21(17)14-33)27(36)19(3)26-24(38-20(4)34)13-30(6)25-8-7-22-18(2)23(35)9-10-31(22)16-32(25,31)12-11-29(26,30)5/h9-10,17-19,21-22,24-26,28H,7-8,11-16H2,1-6H3/t17-,18-,19-,21-,22-,24-,25-,26-,28-,29+,30-,31+,32-/m0/s1. The summed E-state index contributed by atoms with van der Waals surface area (Å²) in [6, 6.07) is 0. The van der Waals surface area contributed by atoms with Crippen molar-refractivity contribution >= 4 is 29.1 Å². The highest BCUT2D eigenvalue weighted by Crippen LogP contribution is 2.87. The summed E-state index contributed by atoms with van der Waals surface area (Å²) in [6.07, 6.45) is 9.74. The normalized spacial score (nSPS) is 53.4. The summed E-state index contributed by atoms with van der Waals surface area (Å²) in [5, 5.41) is 0. The van der Waals surface area contributed by atoms with Gasteiger partial charge in [-0.3, -0.25) is 14.4 Å². The quantitative estimate of drug-likeness (QED) is 0.313. The van der Waals surface area contributed by atoms with Crippen molar-refractivity contribution in [3.63, 3.8) is 0 Å². The molecule has 6 aliphatic rings. The number of carbonyl (C=O) groups is 3. The first-order valence-corrected chi connectivity index (χ1v) is 15.5. The molecular weight excluding hydrogens is 500 g/mol. The summed E-state index contributed by atoms with van der Waals surface area (Å²) in [6.45, 7) is 13.2. The van der Waals surface area contributed by atoms with Crippen LogP contribution in [0.1, 0.15) is 80.1 Å². The van der Waals surface area contributed by atoms with E-state index in [1.807, 2.05) is 6.08 Å². The van der Waals surface area contributed by atoms with Crippen molar-refractivity contribution in [2.75, 3.05) is 12.5 Å². The maximum absolute atomic E-state index is 14.0. The third kappa shape index (κ3) is 3.24. The molecule has 0 radical (unpaired) electrons. The van der Waals surface area contributed by atoms with Gasteiger partial charge in [0.2, 0.25) is 0 Å². The van der Waals surface area contributed by atoms with Gasteiger partial charge in [0.25, 0.3) is 0 Å². The van der Waals surface area contributed by atoms with E-state index in [0.29, 0.717) is 24.3 Å². The van der Waals surface area contributed by atoms with Crippen LogP contribution in [-0.2, 0) is 23.9 Å². The SMILES string of the molecule is CC(=O)O[C@H]1C[C@@]2(C)[C@@H]3CC[C@H]4[C@H](C)C(=O)C=C[C@@]45C[C@@]35CC[C@]2(C)[C@H]1[C@H](C)C(=O)[C@H]1OC[C@H](C)[C@@H]1CCl. The first-order chi connectivity index (χ1) is 17.9. The predicted octanol–water partition coefficient (Wildman–Crippen LogP) is 6.02. The fraction of sp³-hybridized carbons (Fsp3) is 0.844. The lowest BCUT2D eigenvalue weighted by atomic mass is 9.43. The Bertz CT molecular complexity index is 1090. The Morgan fingerprint density at radius 3 is 2.61 bits per heavy atom. The number of allylic oxidation sites excluding steroid dienone is 2. The number of esters is 1. The number of ketones is 2. The molecule has 1 saturated heterocycles. The Morgan fingerprint density at radius 1 is 1.18 bits per heavy atom. The number of carbonyl (C=O) groups excluding carboxylic acids is 3. The molecule has 6 rings (SSSR count). The second kappa shape index (κ2) is 8.65. The van der Waals surface area contributed by atoms with Crippen LogP contribution in [0.3, 0.4) is 0 Å². The van der Waals surface area contributed by atoms with Crippen LogP contribution in [0.15, 0.2) is 12.2 Å². The van der Waals surface area contributed by atoms with Gasteiger partial charge in [0.15, 0.2) is 11.6 Å². The number of fused-ring (bicyclic) bond motifs is 2. The molecule has 5 nitrogen and oxygen atoms in total. The summed E-state index contributed by atoms with van der Waals surface area (Å²) in [5.74, 6) is 1.57. The maximum Gasteiger partial charge on any atom is 0.302 e. The number of rotatable bonds is 5. The molecule has 1 heterocycles.